The molecule has 1 fully saturated rings. The average molecular weight is 248 g/mol. The van der Waals surface area contributed by atoms with Gasteiger partial charge in [0, 0.05) is 10.1 Å². The van der Waals surface area contributed by atoms with E-state index < -0.39 is 0 Å². The number of nitrogens with two attached hydrogens (primary N) is 1. The number of hydrogen-bond acceptors (Lipinski definition) is 3. The first-order valence-corrected chi connectivity index (χ1v) is 7.14. The molecule has 1 aromatic rings. The molecule has 1 aliphatic heterocycles. The first-order valence-electron chi connectivity index (χ1n) is 4.90. The van der Waals surface area contributed by atoms with E-state index in [0.29, 0.717) is 5.25 Å². The highest BCUT2D eigenvalue weighted by atomic mass is 35.5. The fourth-order valence-corrected chi connectivity index (χ4v) is 4.31. The molecule has 2 atom stereocenters. The SMILES string of the molecule is NC(c1ccc(Cl)s1)C1CCCCS1. The van der Waals surface area contributed by atoms with E-state index in [1.807, 2.05) is 17.8 Å². The van der Waals surface area contributed by atoms with Crippen molar-refractivity contribution in [3.63, 3.8) is 0 Å². The van der Waals surface area contributed by atoms with Gasteiger partial charge in [0.1, 0.15) is 0 Å². The van der Waals surface area contributed by atoms with Gasteiger partial charge in [-0.25, -0.2) is 0 Å². The van der Waals surface area contributed by atoms with Gasteiger partial charge in [-0.1, -0.05) is 18.0 Å². The zero-order chi connectivity index (χ0) is 9.97. The van der Waals surface area contributed by atoms with Crippen LogP contribution in [-0.4, -0.2) is 11.0 Å². The lowest BCUT2D eigenvalue weighted by molar-refractivity contribution is 0.588. The number of thioether (sulfide) groups is 1. The van der Waals surface area contributed by atoms with Crippen molar-refractivity contribution in [2.75, 3.05) is 5.75 Å². The van der Waals surface area contributed by atoms with E-state index in [1.165, 1.54) is 29.9 Å². The zero-order valence-electron chi connectivity index (χ0n) is 7.91. The maximum atomic E-state index is 6.21. The summed E-state index contributed by atoms with van der Waals surface area (Å²) >= 11 is 9.53. The van der Waals surface area contributed by atoms with Crippen molar-refractivity contribution in [1.82, 2.24) is 0 Å². The average Bonchev–Trinajstić information content (AvgIpc) is 2.65. The fourth-order valence-electron chi connectivity index (χ4n) is 1.74. The molecule has 0 bridgehead atoms. The molecule has 0 radical (unpaired) electrons. The van der Waals surface area contributed by atoms with E-state index in [9.17, 15) is 0 Å². The lowest BCUT2D eigenvalue weighted by Crippen LogP contribution is -2.25. The molecule has 1 aliphatic rings. The highest BCUT2D eigenvalue weighted by molar-refractivity contribution is 8.00. The third-order valence-electron chi connectivity index (χ3n) is 2.54. The lowest BCUT2D eigenvalue weighted by atomic mass is 10.1. The molecule has 0 amide bonds. The molecule has 0 aromatic carbocycles. The molecule has 0 saturated carbocycles. The Bertz CT molecular complexity index is 294. The molecule has 2 unspecified atom stereocenters. The van der Waals surface area contributed by atoms with Gasteiger partial charge in [-0.3, -0.25) is 0 Å². The van der Waals surface area contributed by atoms with Gasteiger partial charge in [0.05, 0.1) is 10.4 Å². The minimum Gasteiger partial charge on any atom is -0.322 e. The smallest absolute Gasteiger partial charge is 0.0931 e. The van der Waals surface area contributed by atoms with E-state index in [-0.39, 0.29) is 6.04 Å². The third-order valence-corrected chi connectivity index (χ3v) is 5.35. The van der Waals surface area contributed by atoms with Crippen molar-refractivity contribution in [3.05, 3.63) is 21.3 Å². The summed E-state index contributed by atoms with van der Waals surface area (Å²) in [6, 6.07) is 4.18. The van der Waals surface area contributed by atoms with Crippen LogP contribution in [0.3, 0.4) is 0 Å². The summed E-state index contributed by atoms with van der Waals surface area (Å²) in [7, 11) is 0. The van der Waals surface area contributed by atoms with Crippen LogP contribution in [0, 0.1) is 0 Å². The molecule has 78 valence electrons. The Kier molecular flexibility index (Phi) is 3.77. The van der Waals surface area contributed by atoms with Crippen LogP contribution in [0.5, 0.6) is 0 Å². The van der Waals surface area contributed by atoms with Crippen LogP contribution >= 0.6 is 34.7 Å². The standard InChI is InChI=1S/C10H14ClNS2/c11-9-5-4-8(14-9)10(12)7-3-1-2-6-13-7/h4-5,7,10H,1-3,6,12H2. The van der Waals surface area contributed by atoms with Crippen LogP contribution in [0.2, 0.25) is 4.34 Å². The Morgan fingerprint density at radius 3 is 2.86 bits per heavy atom. The number of hydrogen-bond donors (Lipinski definition) is 1. The van der Waals surface area contributed by atoms with Crippen LogP contribution in [-0.2, 0) is 0 Å². The number of halogens is 1. The predicted octanol–water partition coefficient (Wildman–Crippen LogP) is 3.69. The first-order chi connectivity index (χ1) is 6.77. The quantitative estimate of drug-likeness (QED) is 0.863. The molecule has 0 spiro atoms. The summed E-state index contributed by atoms with van der Waals surface area (Å²) < 4.78 is 0.844. The molecule has 0 aliphatic carbocycles. The molecular formula is C10H14ClNS2. The van der Waals surface area contributed by atoms with Gasteiger partial charge < -0.3 is 5.73 Å². The summed E-state index contributed by atoms with van der Waals surface area (Å²) in [6.07, 6.45) is 3.92. The minimum atomic E-state index is 0.179. The molecule has 1 aromatic heterocycles. The summed E-state index contributed by atoms with van der Waals surface area (Å²) in [5.74, 6) is 1.26. The van der Waals surface area contributed by atoms with E-state index >= 15 is 0 Å². The second kappa shape index (κ2) is 4.88. The Balaban J connectivity index is 2.03. The Hall–Kier alpha value is 0.300. The van der Waals surface area contributed by atoms with Gasteiger partial charge in [-0.2, -0.15) is 11.8 Å². The van der Waals surface area contributed by atoms with Crippen LogP contribution in [0.4, 0.5) is 0 Å². The van der Waals surface area contributed by atoms with Gasteiger partial charge in [0.25, 0.3) is 0 Å². The topological polar surface area (TPSA) is 26.0 Å². The van der Waals surface area contributed by atoms with Crippen LogP contribution in [0.25, 0.3) is 0 Å². The van der Waals surface area contributed by atoms with Crippen molar-refractivity contribution in [3.8, 4) is 0 Å². The third kappa shape index (κ3) is 2.45. The lowest BCUT2D eigenvalue weighted by Gasteiger charge is -2.26. The summed E-state index contributed by atoms with van der Waals surface area (Å²) in [6.45, 7) is 0. The predicted molar refractivity (Wildman–Crippen MR) is 66.4 cm³/mol. The van der Waals surface area contributed by atoms with Gasteiger partial charge >= 0.3 is 0 Å². The van der Waals surface area contributed by atoms with E-state index in [4.69, 9.17) is 17.3 Å². The van der Waals surface area contributed by atoms with Gasteiger partial charge in [-0.15, -0.1) is 11.3 Å². The highest BCUT2D eigenvalue weighted by Crippen LogP contribution is 2.36. The normalized spacial score (nSPS) is 24.9. The molecule has 1 nitrogen and oxygen atoms in total. The highest BCUT2D eigenvalue weighted by Gasteiger charge is 2.23. The zero-order valence-corrected chi connectivity index (χ0v) is 10.3. The fraction of sp³-hybridized carbons (Fsp3) is 0.600. The second-order valence-corrected chi connectivity index (χ2v) is 6.67. The maximum absolute atomic E-state index is 6.21. The van der Waals surface area contributed by atoms with Crippen molar-refractivity contribution in [2.45, 2.75) is 30.6 Å². The van der Waals surface area contributed by atoms with E-state index in [2.05, 4.69) is 6.07 Å². The summed E-state index contributed by atoms with van der Waals surface area (Å²) in [4.78, 5) is 1.23. The van der Waals surface area contributed by atoms with Crippen LogP contribution in [0.1, 0.15) is 30.2 Å². The van der Waals surface area contributed by atoms with Gasteiger partial charge in [-0.05, 0) is 30.7 Å². The largest absolute Gasteiger partial charge is 0.322 e. The molecule has 4 heteroatoms. The molecule has 2 rings (SSSR count). The first kappa shape index (κ1) is 10.8. The monoisotopic (exact) mass is 247 g/mol. The van der Waals surface area contributed by atoms with Crippen molar-refractivity contribution >= 4 is 34.7 Å². The van der Waals surface area contributed by atoms with Crippen LogP contribution < -0.4 is 5.73 Å². The number of thiophene rings is 1. The van der Waals surface area contributed by atoms with Gasteiger partial charge in [0.2, 0.25) is 0 Å². The van der Waals surface area contributed by atoms with Crippen molar-refractivity contribution in [1.29, 1.82) is 0 Å². The van der Waals surface area contributed by atoms with Crippen LogP contribution in [0.15, 0.2) is 12.1 Å². The van der Waals surface area contributed by atoms with E-state index in [0.717, 1.165) is 4.34 Å². The van der Waals surface area contributed by atoms with Crippen molar-refractivity contribution < 1.29 is 0 Å². The Labute approximate surface area is 98.0 Å². The van der Waals surface area contributed by atoms with Gasteiger partial charge in [0.15, 0.2) is 0 Å². The summed E-state index contributed by atoms with van der Waals surface area (Å²) in [5, 5.41) is 0.596. The molecule has 1 saturated heterocycles. The minimum absolute atomic E-state index is 0.179. The molecule has 2 N–H and O–H groups in total. The number of rotatable bonds is 2. The molecule has 14 heavy (non-hydrogen) atoms. The summed E-state index contributed by atoms with van der Waals surface area (Å²) in [5.41, 5.74) is 6.21. The Morgan fingerprint density at radius 1 is 1.43 bits per heavy atom. The van der Waals surface area contributed by atoms with Crippen molar-refractivity contribution in [2.24, 2.45) is 5.73 Å². The molecule has 2 heterocycles. The maximum Gasteiger partial charge on any atom is 0.0931 e. The Morgan fingerprint density at radius 2 is 2.29 bits per heavy atom. The molecular weight excluding hydrogens is 234 g/mol. The van der Waals surface area contributed by atoms with E-state index in [1.54, 1.807) is 11.3 Å². The second-order valence-electron chi connectivity index (χ2n) is 3.57.